The third-order valence-electron chi connectivity index (χ3n) is 2.61. The first-order chi connectivity index (χ1) is 9.42. The lowest BCUT2D eigenvalue weighted by Gasteiger charge is -2.09. The molecule has 0 aromatic heterocycles. The van der Waals surface area contributed by atoms with E-state index in [1.54, 1.807) is 12.1 Å². The Morgan fingerprint density at radius 2 is 1.75 bits per heavy atom. The second-order valence-electron chi connectivity index (χ2n) is 4.15. The van der Waals surface area contributed by atoms with E-state index < -0.39 is 10.1 Å². The Bertz CT molecular complexity index is 736. The fourth-order valence-corrected chi connectivity index (χ4v) is 2.69. The van der Waals surface area contributed by atoms with E-state index >= 15 is 0 Å². The molecule has 0 unspecified atom stereocenters. The summed E-state index contributed by atoms with van der Waals surface area (Å²) in [5.41, 5.74) is 1.01. The first-order valence-corrected chi connectivity index (χ1v) is 7.47. The number of carbonyl (C=O) groups is 1. The highest BCUT2D eigenvalue weighted by atomic mass is 35.5. The Balaban J connectivity index is 2.38. The van der Waals surface area contributed by atoms with Crippen LogP contribution in [-0.4, -0.2) is 14.7 Å². The molecule has 20 heavy (non-hydrogen) atoms. The van der Waals surface area contributed by atoms with Crippen LogP contribution in [0.1, 0.15) is 15.9 Å². The number of aryl methyl sites for hydroxylation is 1. The average molecular weight is 311 g/mol. The van der Waals surface area contributed by atoms with Crippen LogP contribution in [0.4, 0.5) is 0 Å². The summed E-state index contributed by atoms with van der Waals surface area (Å²) >= 11 is 5.74. The molecule has 2 aromatic carbocycles. The Morgan fingerprint density at radius 3 is 2.35 bits per heavy atom. The molecule has 2 rings (SSSR count). The first kappa shape index (κ1) is 14.6. The maximum atomic E-state index is 12.1. The van der Waals surface area contributed by atoms with Crippen LogP contribution in [-0.2, 0) is 10.1 Å². The third-order valence-corrected chi connectivity index (χ3v) is 4.09. The number of hydrogen-bond acceptors (Lipinski definition) is 4. The minimum Gasteiger partial charge on any atom is -0.378 e. The zero-order valence-electron chi connectivity index (χ0n) is 10.5. The second-order valence-corrected chi connectivity index (χ2v) is 6.13. The molecular formula is C14H11ClO4S. The fraction of sp³-hybridized carbons (Fsp3) is 0.0714. The number of rotatable bonds is 4. The SMILES string of the molecule is Cc1ccc(S(=O)(=O)Oc2ccc(Cl)cc2C=O)cc1. The molecule has 0 bridgehead atoms. The van der Waals surface area contributed by atoms with Gasteiger partial charge in [-0.25, -0.2) is 0 Å². The van der Waals surface area contributed by atoms with Gasteiger partial charge in [-0.1, -0.05) is 29.3 Å². The highest BCUT2D eigenvalue weighted by Gasteiger charge is 2.18. The molecule has 0 N–H and O–H groups in total. The molecule has 0 amide bonds. The zero-order valence-corrected chi connectivity index (χ0v) is 12.1. The first-order valence-electron chi connectivity index (χ1n) is 5.68. The molecule has 0 heterocycles. The second kappa shape index (κ2) is 5.64. The Hall–Kier alpha value is -1.85. The molecule has 0 aliphatic heterocycles. The predicted molar refractivity (Wildman–Crippen MR) is 75.8 cm³/mol. The quantitative estimate of drug-likeness (QED) is 0.642. The van der Waals surface area contributed by atoms with Gasteiger partial charge in [-0.15, -0.1) is 0 Å². The van der Waals surface area contributed by atoms with E-state index in [0.29, 0.717) is 11.3 Å². The standard InChI is InChI=1S/C14H11ClO4S/c1-10-2-5-13(6-3-10)20(17,18)19-14-7-4-12(15)8-11(14)9-16/h2-9H,1H3. The van der Waals surface area contributed by atoms with Crippen molar-refractivity contribution < 1.29 is 17.4 Å². The van der Waals surface area contributed by atoms with E-state index in [4.69, 9.17) is 15.8 Å². The Labute approximate surface area is 122 Å². The lowest BCUT2D eigenvalue weighted by Crippen LogP contribution is -2.10. The van der Waals surface area contributed by atoms with Crippen LogP contribution < -0.4 is 4.18 Å². The lowest BCUT2D eigenvalue weighted by atomic mass is 10.2. The molecule has 6 heteroatoms. The summed E-state index contributed by atoms with van der Waals surface area (Å²) in [5, 5.41) is 0.326. The molecule has 2 aromatic rings. The van der Waals surface area contributed by atoms with E-state index in [2.05, 4.69) is 0 Å². The summed E-state index contributed by atoms with van der Waals surface area (Å²) in [5.74, 6) is -0.0509. The molecule has 0 atom stereocenters. The van der Waals surface area contributed by atoms with E-state index in [1.807, 2.05) is 6.92 Å². The van der Waals surface area contributed by atoms with Crippen molar-refractivity contribution >= 4 is 28.0 Å². The van der Waals surface area contributed by atoms with Crippen molar-refractivity contribution in [3.05, 3.63) is 58.6 Å². The molecule has 0 spiro atoms. The molecular weight excluding hydrogens is 300 g/mol. The molecule has 0 aliphatic carbocycles. The zero-order chi connectivity index (χ0) is 14.8. The maximum Gasteiger partial charge on any atom is 0.339 e. The van der Waals surface area contributed by atoms with Crippen molar-refractivity contribution in [3.8, 4) is 5.75 Å². The number of benzene rings is 2. The number of aldehydes is 1. The van der Waals surface area contributed by atoms with E-state index in [9.17, 15) is 13.2 Å². The third kappa shape index (κ3) is 3.18. The van der Waals surface area contributed by atoms with Crippen LogP contribution in [0.15, 0.2) is 47.4 Å². The topological polar surface area (TPSA) is 60.4 Å². The maximum absolute atomic E-state index is 12.1. The number of carbonyl (C=O) groups excluding carboxylic acids is 1. The minimum absolute atomic E-state index is 0.0231. The minimum atomic E-state index is -3.98. The predicted octanol–water partition coefficient (Wildman–Crippen LogP) is 3.23. The van der Waals surface area contributed by atoms with Crippen LogP contribution in [0.5, 0.6) is 5.75 Å². The number of halogens is 1. The summed E-state index contributed by atoms with van der Waals surface area (Å²) in [6.45, 7) is 1.85. The molecule has 0 radical (unpaired) electrons. The van der Waals surface area contributed by atoms with Crippen LogP contribution in [0.25, 0.3) is 0 Å². The van der Waals surface area contributed by atoms with Crippen LogP contribution >= 0.6 is 11.6 Å². The van der Waals surface area contributed by atoms with Gasteiger partial charge in [0.05, 0.1) is 5.56 Å². The van der Waals surface area contributed by atoms with Crippen LogP contribution in [0.2, 0.25) is 5.02 Å². The van der Waals surface area contributed by atoms with Gasteiger partial charge in [0.15, 0.2) is 12.0 Å². The molecule has 4 nitrogen and oxygen atoms in total. The van der Waals surface area contributed by atoms with Gasteiger partial charge in [0.1, 0.15) is 4.90 Å². The monoisotopic (exact) mass is 310 g/mol. The van der Waals surface area contributed by atoms with Gasteiger partial charge < -0.3 is 4.18 Å². The highest BCUT2D eigenvalue weighted by molar-refractivity contribution is 7.87. The fourth-order valence-electron chi connectivity index (χ4n) is 1.56. The molecule has 0 saturated heterocycles. The Kier molecular flexibility index (Phi) is 4.11. The molecule has 0 fully saturated rings. The summed E-state index contributed by atoms with van der Waals surface area (Å²) in [4.78, 5) is 10.9. The van der Waals surface area contributed by atoms with E-state index in [1.165, 1.54) is 30.3 Å². The van der Waals surface area contributed by atoms with Crippen molar-refractivity contribution in [3.63, 3.8) is 0 Å². The van der Waals surface area contributed by atoms with Crippen molar-refractivity contribution in [2.45, 2.75) is 11.8 Å². The van der Waals surface area contributed by atoms with Gasteiger partial charge in [-0.05, 0) is 37.3 Å². The van der Waals surface area contributed by atoms with E-state index in [0.717, 1.165) is 5.56 Å². The molecule has 104 valence electrons. The summed E-state index contributed by atoms with van der Waals surface area (Å²) in [6, 6.07) is 10.4. The Morgan fingerprint density at radius 1 is 1.10 bits per heavy atom. The number of hydrogen-bond donors (Lipinski definition) is 0. The van der Waals surface area contributed by atoms with Crippen molar-refractivity contribution in [2.24, 2.45) is 0 Å². The van der Waals surface area contributed by atoms with E-state index in [-0.39, 0.29) is 16.2 Å². The van der Waals surface area contributed by atoms with Gasteiger partial charge in [0, 0.05) is 5.02 Å². The van der Waals surface area contributed by atoms with Crippen molar-refractivity contribution in [2.75, 3.05) is 0 Å². The van der Waals surface area contributed by atoms with Crippen LogP contribution in [0.3, 0.4) is 0 Å². The van der Waals surface area contributed by atoms with Crippen LogP contribution in [0, 0.1) is 6.92 Å². The summed E-state index contributed by atoms with van der Waals surface area (Å²) in [6.07, 6.45) is 0.492. The highest BCUT2D eigenvalue weighted by Crippen LogP contribution is 2.25. The average Bonchev–Trinajstić information content (AvgIpc) is 2.41. The van der Waals surface area contributed by atoms with Gasteiger partial charge >= 0.3 is 10.1 Å². The smallest absolute Gasteiger partial charge is 0.339 e. The van der Waals surface area contributed by atoms with Gasteiger partial charge in [0.2, 0.25) is 0 Å². The molecule has 0 saturated carbocycles. The normalized spacial score (nSPS) is 11.1. The summed E-state index contributed by atoms with van der Waals surface area (Å²) < 4.78 is 29.2. The van der Waals surface area contributed by atoms with Gasteiger partial charge in [-0.3, -0.25) is 4.79 Å². The van der Waals surface area contributed by atoms with Crippen molar-refractivity contribution in [1.29, 1.82) is 0 Å². The molecule has 0 aliphatic rings. The lowest BCUT2D eigenvalue weighted by molar-refractivity contribution is 0.112. The summed E-state index contributed by atoms with van der Waals surface area (Å²) in [7, 11) is -3.98. The van der Waals surface area contributed by atoms with Gasteiger partial charge in [0.25, 0.3) is 0 Å². The largest absolute Gasteiger partial charge is 0.378 e. The van der Waals surface area contributed by atoms with Gasteiger partial charge in [-0.2, -0.15) is 8.42 Å². The van der Waals surface area contributed by atoms with Crippen molar-refractivity contribution in [1.82, 2.24) is 0 Å².